The smallest absolute Gasteiger partial charge is 0.336 e. The van der Waals surface area contributed by atoms with Crippen LogP contribution < -0.4 is 0 Å². The van der Waals surface area contributed by atoms with E-state index in [4.69, 9.17) is 5.10 Å². The molecule has 0 saturated heterocycles. The molecule has 0 saturated carbocycles. The van der Waals surface area contributed by atoms with Gasteiger partial charge < -0.3 is 5.11 Å². The van der Waals surface area contributed by atoms with Crippen LogP contribution in [0.5, 0.6) is 0 Å². The number of rotatable bonds is 6. The lowest BCUT2D eigenvalue weighted by atomic mass is 9.97. The molecule has 2 aromatic heterocycles. The number of aromatic nitrogens is 3. The Morgan fingerprint density at radius 2 is 1.83 bits per heavy atom. The first-order valence-electron chi connectivity index (χ1n) is 9.82. The lowest BCUT2D eigenvalue weighted by Crippen LogP contribution is -1.99. The predicted octanol–water partition coefficient (Wildman–Crippen LogP) is 4.95. The lowest BCUT2D eigenvalue weighted by molar-refractivity contribution is 0.0697. The number of hydrogen-bond donors (Lipinski definition) is 1. The van der Waals surface area contributed by atoms with Crippen molar-refractivity contribution in [3.8, 4) is 11.1 Å². The van der Waals surface area contributed by atoms with Gasteiger partial charge in [0.2, 0.25) is 0 Å². The Labute approximate surface area is 169 Å². The van der Waals surface area contributed by atoms with Crippen LogP contribution in [-0.4, -0.2) is 25.7 Å². The number of aromatic carboxylic acids is 1. The summed E-state index contributed by atoms with van der Waals surface area (Å²) in [6, 6.07) is 17.1. The summed E-state index contributed by atoms with van der Waals surface area (Å²) in [6.45, 7) is 4.19. The van der Waals surface area contributed by atoms with Crippen molar-refractivity contribution in [2.45, 2.75) is 33.1 Å². The van der Waals surface area contributed by atoms with Crippen molar-refractivity contribution >= 4 is 11.6 Å². The molecule has 0 amide bonds. The van der Waals surface area contributed by atoms with Crippen LogP contribution in [0, 0.1) is 6.92 Å². The normalized spacial score (nSPS) is 11.1. The van der Waals surface area contributed by atoms with Crippen LogP contribution in [0.4, 0.5) is 0 Å². The van der Waals surface area contributed by atoms with Gasteiger partial charge in [0.15, 0.2) is 5.65 Å². The maximum atomic E-state index is 11.5. The van der Waals surface area contributed by atoms with Crippen molar-refractivity contribution in [1.82, 2.24) is 14.6 Å². The fourth-order valence-corrected chi connectivity index (χ4v) is 3.70. The Morgan fingerprint density at radius 3 is 2.55 bits per heavy atom. The average molecular weight is 385 g/mol. The molecule has 0 atom stereocenters. The third-order valence-corrected chi connectivity index (χ3v) is 5.18. The highest BCUT2D eigenvalue weighted by molar-refractivity contribution is 5.96. The Kier molecular flexibility index (Phi) is 5.12. The second kappa shape index (κ2) is 7.87. The van der Waals surface area contributed by atoms with Crippen molar-refractivity contribution in [3.05, 3.63) is 88.9 Å². The summed E-state index contributed by atoms with van der Waals surface area (Å²) in [5.41, 5.74) is 7.32. The highest BCUT2D eigenvalue weighted by Crippen LogP contribution is 2.26. The van der Waals surface area contributed by atoms with E-state index in [9.17, 15) is 9.90 Å². The van der Waals surface area contributed by atoms with Crippen LogP contribution in [0.15, 0.2) is 60.8 Å². The van der Waals surface area contributed by atoms with Crippen molar-refractivity contribution < 1.29 is 9.90 Å². The van der Waals surface area contributed by atoms with E-state index < -0.39 is 5.97 Å². The molecule has 1 N–H and O–H groups in total. The summed E-state index contributed by atoms with van der Waals surface area (Å²) < 4.78 is 1.93. The van der Waals surface area contributed by atoms with Gasteiger partial charge in [-0.1, -0.05) is 55.8 Å². The van der Waals surface area contributed by atoms with E-state index in [1.54, 1.807) is 12.1 Å². The van der Waals surface area contributed by atoms with E-state index >= 15 is 0 Å². The van der Waals surface area contributed by atoms with Gasteiger partial charge in [0.05, 0.1) is 11.3 Å². The average Bonchev–Trinajstić information content (AvgIpc) is 3.07. The third-order valence-electron chi connectivity index (χ3n) is 5.18. The van der Waals surface area contributed by atoms with Crippen LogP contribution in [0.2, 0.25) is 0 Å². The largest absolute Gasteiger partial charge is 0.478 e. The highest BCUT2D eigenvalue weighted by Gasteiger charge is 2.15. The third kappa shape index (κ3) is 3.63. The van der Waals surface area contributed by atoms with Gasteiger partial charge in [0.25, 0.3) is 0 Å². The van der Waals surface area contributed by atoms with Gasteiger partial charge in [-0.3, -0.25) is 0 Å². The number of carboxylic acid groups (broad SMARTS) is 1. The van der Waals surface area contributed by atoms with E-state index in [1.807, 2.05) is 48.0 Å². The van der Waals surface area contributed by atoms with Crippen molar-refractivity contribution in [1.29, 1.82) is 0 Å². The highest BCUT2D eigenvalue weighted by atomic mass is 16.4. The van der Waals surface area contributed by atoms with Crippen LogP contribution in [-0.2, 0) is 12.8 Å². The maximum absolute atomic E-state index is 11.5. The van der Waals surface area contributed by atoms with Gasteiger partial charge in [0.1, 0.15) is 0 Å². The molecule has 4 rings (SSSR count). The quantitative estimate of drug-likeness (QED) is 0.510. The number of carbonyl (C=O) groups is 1. The number of fused-ring (bicyclic) bond motifs is 1. The molecule has 146 valence electrons. The molecule has 0 spiro atoms. The Hall–Kier alpha value is -3.47. The number of hydrogen-bond acceptors (Lipinski definition) is 3. The number of carboxylic acids is 1. The van der Waals surface area contributed by atoms with Gasteiger partial charge >= 0.3 is 5.97 Å². The summed E-state index contributed by atoms with van der Waals surface area (Å²) in [5, 5.41) is 14.2. The summed E-state index contributed by atoms with van der Waals surface area (Å²) in [4.78, 5) is 16.1. The van der Waals surface area contributed by atoms with Gasteiger partial charge in [-0.05, 0) is 42.2 Å². The molecule has 0 aliphatic rings. The number of nitrogens with zero attached hydrogens (tertiary/aromatic N) is 3. The van der Waals surface area contributed by atoms with Crippen LogP contribution in [0.25, 0.3) is 16.8 Å². The zero-order valence-corrected chi connectivity index (χ0v) is 16.6. The van der Waals surface area contributed by atoms with Crippen LogP contribution >= 0.6 is 0 Å². The topological polar surface area (TPSA) is 67.5 Å². The molecular weight excluding hydrogens is 362 g/mol. The molecule has 29 heavy (non-hydrogen) atoms. The molecule has 0 unspecified atom stereocenters. The number of aryl methyl sites for hydroxylation is 2. The minimum Gasteiger partial charge on any atom is -0.478 e. The van der Waals surface area contributed by atoms with Crippen molar-refractivity contribution in [2.24, 2.45) is 0 Å². The molecule has 0 bridgehead atoms. The fourth-order valence-electron chi connectivity index (χ4n) is 3.70. The summed E-state index contributed by atoms with van der Waals surface area (Å²) in [7, 11) is 0. The van der Waals surface area contributed by atoms with Crippen molar-refractivity contribution in [3.63, 3.8) is 0 Å². The zero-order chi connectivity index (χ0) is 20.4. The molecule has 0 aliphatic carbocycles. The lowest BCUT2D eigenvalue weighted by Gasteiger charge is -2.08. The zero-order valence-electron chi connectivity index (χ0n) is 16.6. The molecule has 0 fully saturated rings. The Morgan fingerprint density at radius 1 is 1.07 bits per heavy atom. The van der Waals surface area contributed by atoms with E-state index in [1.165, 1.54) is 0 Å². The van der Waals surface area contributed by atoms with E-state index in [-0.39, 0.29) is 0 Å². The standard InChI is InChI=1S/C24H23N3O2/c1-3-6-22-21(23-25-14-13-16(2)27(23)26-22)15-17-9-11-18(12-10-17)19-7-4-5-8-20(19)24(28)29/h4-5,7-14H,3,6,15H2,1-2H3,(H,28,29). The SMILES string of the molecule is CCCc1nn2c(C)ccnc2c1Cc1ccc(-c2ccccc2C(=O)O)cc1. The monoisotopic (exact) mass is 385 g/mol. The molecule has 0 aliphatic heterocycles. The van der Waals surface area contributed by atoms with Gasteiger partial charge in [-0.2, -0.15) is 5.10 Å². The molecule has 5 nitrogen and oxygen atoms in total. The van der Waals surface area contributed by atoms with E-state index in [0.29, 0.717) is 5.56 Å². The predicted molar refractivity (Wildman–Crippen MR) is 113 cm³/mol. The minimum absolute atomic E-state index is 0.313. The molecular formula is C24H23N3O2. The molecule has 2 aromatic carbocycles. The van der Waals surface area contributed by atoms with Crippen molar-refractivity contribution in [2.75, 3.05) is 0 Å². The van der Waals surface area contributed by atoms with Crippen LogP contribution in [0.1, 0.15) is 46.2 Å². The van der Waals surface area contributed by atoms with Gasteiger partial charge in [0, 0.05) is 23.9 Å². The minimum atomic E-state index is -0.915. The summed E-state index contributed by atoms with van der Waals surface area (Å²) in [5.74, 6) is -0.915. The molecule has 4 aromatic rings. The molecule has 0 radical (unpaired) electrons. The summed E-state index contributed by atoms with van der Waals surface area (Å²) in [6.07, 6.45) is 4.52. The first-order valence-corrected chi connectivity index (χ1v) is 9.82. The first-order chi connectivity index (χ1) is 14.1. The van der Waals surface area contributed by atoms with Gasteiger partial charge in [-0.25, -0.2) is 14.3 Å². The Balaban J connectivity index is 1.69. The molecule has 5 heteroatoms. The number of benzene rings is 2. The summed E-state index contributed by atoms with van der Waals surface area (Å²) >= 11 is 0. The fraction of sp³-hybridized carbons (Fsp3) is 0.208. The molecule has 2 heterocycles. The van der Waals surface area contributed by atoms with Gasteiger partial charge in [-0.15, -0.1) is 0 Å². The van der Waals surface area contributed by atoms with Crippen LogP contribution in [0.3, 0.4) is 0 Å². The maximum Gasteiger partial charge on any atom is 0.336 e. The van der Waals surface area contributed by atoms with E-state index in [0.717, 1.165) is 58.6 Å². The second-order valence-electron chi connectivity index (χ2n) is 7.22. The van der Waals surface area contributed by atoms with E-state index in [2.05, 4.69) is 24.0 Å². The first kappa shape index (κ1) is 18.9. The Bertz CT molecular complexity index is 1180. The second-order valence-corrected chi connectivity index (χ2v) is 7.22.